The average molecular weight is 310 g/mol. The number of likely N-dealkylation sites (tertiary alicyclic amines) is 1. The first kappa shape index (κ1) is 16.8. The molecule has 0 saturated carbocycles. The molecule has 1 aromatic heterocycles. The lowest BCUT2D eigenvalue weighted by molar-refractivity contribution is 0.0714. The quantitative estimate of drug-likeness (QED) is 0.873. The zero-order valence-electron chi connectivity index (χ0n) is 13.5. The van der Waals surface area contributed by atoms with Crippen molar-refractivity contribution in [1.29, 1.82) is 0 Å². The van der Waals surface area contributed by atoms with E-state index in [0.29, 0.717) is 25.5 Å². The normalized spacial score (nSPS) is 21.5. The highest BCUT2D eigenvalue weighted by molar-refractivity contribution is 5.74. The molecule has 0 aliphatic carbocycles. The summed E-state index contributed by atoms with van der Waals surface area (Å²) in [6, 6.07) is 3.28. The minimum absolute atomic E-state index is 0.138. The topological polar surface area (TPSA) is 74.9 Å². The summed E-state index contributed by atoms with van der Waals surface area (Å²) in [6.45, 7) is 5.30. The fourth-order valence-corrected chi connectivity index (χ4v) is 2.83. The van der Waals surface area contributed by atoms with Crippen molar-refractivity contribution in [2.24, 2.45) is 5.92 Å². The van der Waals surface area contributed by atoms with Crippen LogP contribution in [0, 0.1) is 12.8 Å². The lowest BCUT2D eigenvalue weighted by atomic mass is 9.94. The molecule has 0 aromatic carbocycles. The molecule has 0 spiro atoms. The van der Waals surface area contributed by atoms with Crippen LogP contribution < -0.4 is 5.32 Å². The molecule has 22 heavy (non-hydrogen) atoms. The predicted molar refractivity (Wildman–Crippen MR) is 82.6 cm³/mol. The minimum Gasteiger partial charge on any atom is -0.464 e. The summed E-state index contributed by atoms with van der Waals surface area (Å²) in [5.74, 6) is 1.64. The number of aliphatic hydroxyl groups is 1. The van der Waals surface area contributed by atoms with Gasteiger partial charge in [0.2, 0.25) is 0 Å². The molecule has 0 radical (unpaired) electrons. The molecule has 2 rings (SSSR count). The monoisotopic (exact) mass is 310 g/mol. The van der Waals surface area contributed by atoms with Gasteiger partial charge in [-0.1, -0.05) is 0 Å². The summed E-state index contributed by atoms with van der Waals surface area (Å²) in [7, 11) is 1.60. The second-order valence-corrected chi connectivity index (χ2v) is 5.99. The number of nitrogens with zero attached hydrogens (tertiary/aromatic N) is 1. The van der Waals surface area contributed by atoms with Gasteiger partial charge in [0, 0.05) is 26.1 Å². The molecule has 2 amide bonds. The molecule has 1 aliphatic rings. The molecule has 2 N–H and O–H groups in total. The number of hydrogen-bond acceptors (Lipinski definition) is 4. The van der Waals surface area contributed by atoms with Crippen LogP contribution >= 0.6 is 0 Å². The summed E-state index contributed by atoms with van der Waals surface area (Å²) < 4.78 is 10.8. The van der Waals surface area contributed by atoms with Crippen molar-refractivity contribution in [1.82, 2.24) is 10.2 Å². The van der Waals surface area contributed by atoms with Gasteiger partial charge in [0.15, 0.2) is 0 Å². The average Bonchev–Trinajstić information content (AvgIpc) is 2.93. The van der Waals surface area contributed by atoms with Gasteiger partial charge in [-0.05, 0) is 38.8 Å². The Bertz CT molecular complexity index is 486. The molecule has 6 nitrogen and oxygen atoms in total. The molecule has 1 aromatic rings. The Hall–Kier alpha value is -1.53. The van der Waals surface area contributed by atoms with Gasteiger partial charge < -0.3 is 24.5 Å². The van der Waals surface area contributed by atoms with Crippen LogP contribution in [0.4, 0.5) is 4.79 Å². The van der Waals surface area contributed by atoms with Crippen molar-refractivity contribution in [3.05, 3.63) is 23.7 Å². The van der Waals surface area contributed by atoms with Crippen molar-refractivity contribution >= 4 is 6.03 Å². The van der Waals surface area contributed by atoms with Crippen molar-refractivity contribution in [2.45, 2.75) is 38.8 Å². The van der Waals surface area contributed by atoms with E-state index in [2.05, 4.69) is 5.32 Å². The maximum Gasteiger partial charge on any atom is 0.318 e. The molecule has 6 heteroatoms. The predicted octanol–water partition coefficient (Wildman–Crippen LogP) is 2.08. The highest BCUT2D eigenvalue weighted by Gasteiger charge is 2.28. The van der Waals surface area contributed by atoms with Gasteiger partial charge in [0.05, 0.1) is 12.7 Å². The van der Waals surface area contributed by atoms with Crippen LogP contribution in [-0.2, 0) is 4.74 Å². The summed E-state index contributed by atoms with van der Waals surface area (Å²) in [5, 5.41) is 12.7. The van der Waals surface area contributed by atoms with E-state index in [9.17, 15) is 9.90 Å². The number of methoxy groups -OCH3 is 1. The lowest BCUT2D eigenvalue weighted by Gasteiger charge is -2.34. The van der Waals surface area contributed by atoms with E-state index in [4.69, 9.17) is 9.15 Å². The van der Waals surface area contributed by atoms with Gasteiger partial charge in [-0.3, -0.25) is 0 Å². The Labute approximate surface area is 131 Å². The number of aryl methyl sites for hydroxylation is 1. The third kappa shape index (κ3) is 4.24. The number of hydrogen-bond donors (Lipinski definition) is 2. The number of carbonyl (C=O) groups excluding carboxylic acids is 1. The molecule has 1 fully saturated rings. The SMILES string of the molecule is COCC(NC(=O)N1CCCC(C(C)O)C1)c1ccc(C)o1. The Balaban J connectivity index is 1.98. The smallest absolute Gasteiger partial charge is 0.318 e. The first-order valence-electron chi connectivity index (χ1n) is 7.80. The Kier molecular flexibility index (Phi) is 5.85. The zero-order chi connectivity index (χ0) is 16.1. The van der Waals surface area contributed by atoms with Gasteiger partial charge in [-0.2, -0.15) is 0 Å². The van der Waals surface area contributed by atoms with Gasteiger partial charge in [0.25, 0.3) is 0 Å². The largest absolute Gasteiger partial charge is 0.464 e. The molecular formula is C16H26N2O4. The highest BCUT2D eigenvalue weighted by atomic mass is 16.5. The third-order valence-electron chi connectivity index (χ3n) is 4.16. The second kappa shape index (κ2) is 7.65. The number of amides is 2. The number of rotatable bonds is 5. The minimum atomic E-state index is -0.391. The van der Waals surface area contributed by atoms with Crippen LogP contribution in [0.2, 0.25) is 0 Å². The number of carbonyl (C=O) groups is 1. The standard InChI is InChI=1S/C16H26N2O4/c1-11-6-7-15(22-11)14(10-21-3)17-16(20)18-8-4-5-13(9-18)12(2)19/h6-7,12-14,19H,4-5,8-10H2,1-3H3,(H,17,20). The maximum atomic E-state index is 12.5. The summed E-state index contributed by atoms with van der Waals surface area (Å²) in [5.41, 5.74) is 0. The van der Waals surface area contributed by atoms with Crippen molar-refractivity contribution in [3.63, 3.8) is 0 Å². The molecule has 3 unspecified atom stereocenters. The Morgan fingerprint density at radius 3 is 2.95 bits per heavy atom. The number of aliphatic hydroxyl groups excluding tert-OH is 1. The van der Waals surface area contributed by atoms with Crippen LogP contribution in [0.5, 0.6) is 0 Å². The Morgan fingerprint density at radius 1 is 1.59 bits per heavy atom. The van der Waals surface area contributed by atoms with Gasteiger partial charge >= 0.3 is 6.03 Å². The van der Waals surface area contributed by atoms with Crippen LogP contribution in [0.3, 0.4) is 0 Å². The summed E-state index contributed by atoms with van der Waals surface area (Å²) in [6.07, 6.45) is 1.48. The van der Waals surface area contributed by atoms with Crippen LogP contribution in [0.15, 0.2) is 16.5 Å². The van der Waals surface area contributed by atoms with Gasteiger partial charge in [-0.15, -0.1) is 0 Å². The van der Waals surface area contributed by atoms with Crippen LogP contribution in [-0.4, -0.2) is 48.9 Å². The van der Waals surface area contributed by atoms with E-state index in [1.165, 1.54) is 0 Å². The van der Waals surface area contributed by atoms with Crippen LogP contribution in [0.1, 0.15) is 37.3 Å². The molecule has 1 saturated heterocycles. The first-order chi connectivity index (χ1) is 10.5. The van der Waals surface area contributed by atoms with Crippen molar-refractivity contribution in [2.75, 3.05) is 26.8 Å². The second-order valence-electron chi connectivity index (χ2n) is 5.99. The third-order valence-corrected chi connectivity index (χ3v) is 4.16. The number of nitrogens with one attached hydrogen (secondary N) is 1. The highest BCUT2D eigenvalue weighted by Crippen LogP contribution is 2.21. The molecule has 3 atom stereocenters. The van der Waals surface area contributed by atoms with Crippen LogP contribution in [0.25, 0.3) is 0 Å². The molecule has 124 valence electrons. The van der Waals surface area contributed by atoms with E-state index >= 15 is 0 Å². The number of furan rings is 1. The van der Waals surface area contributed by atoms with Crippen molar-refractivity contribution < 1.29 is 19.1 Å². The van der Waals surface area contributed by atoms with Crippen molar-refractivity contribution in [3.8, 4) is 0 Å². The maximum absolute atomic E-state index is 12.5. The van der Waals surface area contributed by atoms with Gasteiger partial charge in [-0.25, -0.2) is 4.79 Å². The summed E-state index contributed by atoms with van der Waals surface area (Å²) in [4.78, 5) is 14.2. The van der Waals surface area contributed by atoms with E-state index < -0.39 is 6.10 Å². The lowest BCUT2D eigenvalue weighted by Crippen LogP contribution is -2.48. The van der Waals surface area contributed by atoms with E-state index in [1.807, 2.05) is 19.1 Å². The molecular weight excluding hydrogens is 284 g/mol. The summed E-state index contributed by atoms with van der Waals surface area (Å²) >= 11 is 0. The number of ether oxygens (including phenoxy) is 1. The number of urea groups is 1. The van der Waals surface area contributed by atoms with Gasteiger partial charge in [0.1, 0.15) is 17.6 Å². The molecule has 0 bridgehead atoms. The number of piperidine rings is 1. The Morgan fingerprint density at radius 2 is 2.36 bits per heavy atom. The molecule has 2 heterocycles. The van der Waals surface area contributed by atoms with E-state index in [0.717, 1.165) is 18.6 Å². The zero-order valence-corrected chi connectivity index (χ0v) is 13.5. The van der Waals surface area contributed by atoms with E-state index in [-0.39, 0.29) is 18.0 Å². The first-order valence-corrected chi connectivity index (χ1v) is 7.80. The fraction of sp³-hybridized carbons (Fsp3) is 0.688. The fourth-order valence-electron chi connectivity index (χ4n) is 2.83. The van der Waals surface area contributed by atoms with E-state index in [1.54, 1.807) is 18.9 Å². The molecule has 1 aliphatic heterocycles.